The minimum Gasteiger partial charge on any atom is -0.423 e. The van der Waals surface area contributed by atoms with Gasteiger partial charge in [-0.15, -0.1) is 0 Å². The molecule has 0 heterocycles. The van der Waals surface area contributed by atoms with Crippen LogP contribution < -0.4 is 10.1 Å². The highest BCUT2D eigenvalue weighted by Crippen LogP contribution is 2.17. The van der Waals surface area contributed by atoms with E-state index in [-0.39, 0.29) is 5.91 Å². The van der Waals surface area contributed by atoms with Gasteiger partial charge in [0.05, 0.1) is 5.56 Å². The van der Waals surface area contributed by atoms with E-state index in [0.29, 0.717) is 17.0 Å². The Morgan fingerprint density at radius 1 is 1.00 bits per heavy atom. The molecular formula is C16H13NO3. The number of rotatable bonds is 4. The van der Waals surface area contributed by atoms with Gasteiger partial charge in [0.1, 0.15) is 5.75 Å². The summed E-state index contributed by atoms with van der Waals surface area (Å²) in [6.07, 6.45) is 1.18. The highest BCUT2D eigenvalue weighted by Gasteiger charge is 2.07. The molecule has 0 spiro atoms. The van der Waals surface area contributed by atoms with E-state index in [1.165, 1.54) is 6.08 Å². The second-order valence-corrected chi connectivity index (χ2v) is 3.97. The fourth-order valence-corrected chi connectivity index (χ4v) is 1.54. The van der Waals surface area contributed by atoms with Crippen LogP contribution in [0.5, 0.6) is 5.75 Å². The monoisotopic (exact) mass is 267 g/mol. The molecule has 0 bridgehead atoms. The van der Waals surface area contributed by atoms with E-state index >= 15 is 0 Å². The van der Waals surface area contributed by atoms with Crippen LogP contribution in [0.3, 0.4) is 0 Å². The van der Waals surface area contributed by atoms with Gasteiger partial charge in [-0.3, -0.25) is 4.79 Å². The van der Waals surface area contributed by atoms with Crippen molar-refractivity contribution in [3.8, 4) is 5.75 Å². The number of anilines is 1. The number of benzene rings is 2. The van der Waals surface area contributed by atoms with Gasteiger partial charge in [-0.05, 0) is 42.5 Å². The summed E-state index contributed by atoms with van der Waals surface area (Å²) in [5.74, 6) is -0.303. The zero-order valence-corrected chi connectivity index (χ0v) is 10.7. The molecule has 0 aliphatic rings. The van der Waals surface area contributed by atoms with Crippen LogP contribution in [0.25, 0.3) is 0 Å². The molecule has 0 saturated heterocycles. The minimum atomic E-state index is -0.423. The third-order valence-electron chi connectivity index (χ3n) is 2.53. The van der Waals surface area contributed by atoms with Crippen molar-refractivity contribution >= 4 is 17.6 Å². The summed E-state index contributed by atoms with van der Waals surface area (Å²) >= 11 is 0. The molecule has 2 aromatic carbocycles. The lowest BCUT2D eigenvalue weighted by Gasteiger charge is -2.06. The molecule has 0 radical (unpaired) electrons. The van der Waals surface area contributed by atoms with Gasteiger partial charge >= 0.3 is 5.97 Å². The number of hydrogen-bond acceptors (Lipinski definition) is 3. The van der Waals surface area contributed by atoms with Gasteiger partial charge in [0.25, 0.3) is 0 Å². The van der Waals surface area contributed by atoms with Gasteiger partial charge < -0.3 is 10.1 Å². The quantitative estimate of drug-likeness (QED) is 0.526. The van der Waals surface area contributed by atoms with Crippen molar-refractivity contribution in [3.63, 3.8) is 0 Å². The SMILES string of the molecule is C=CC(=O)Nc1ccc(OC(=O)c2ccccc2)cc1. The summed E-state index contributed by atoms with van der Waals surface area (Å²) in [7, 11) is 0. The molecule has 2 rings (SSSR count). The number of nitrogens with one attached hydrogen (secondary N) is 1. The summed E-state index contributed by atoms with van der Waals surface area (Å²) < 4.78 is 5.21. The topological polar surface area (TPSA) is 55.4 Å². The van der Waals surface area contributed by atoms with Gasteiger partial charge in [0, 0.05) is 5.69 Å². The lowest BCUT2D eigenvalue weighted by Crippen LogP contribution is -2.09. The molecular weight excluding hydrogens is 254 g/mol. The normalized spacial score (nSPS) is 9.60. The highest BCUT2D eigenvalue weighted by atomic mass is 16.5. The van der Waals surface area contributed by atoms with Crippen LogP contribution in [-0.2, 0) is 4.79 Å². The van der Waals surface area contributed by atoms with E-state index in [9.17, 15) is 9.59 Å². The molecule has 4 nitrogen and oxygen atoms in total. The standard InChI is InChI=1S/C16H13NO3/c1-2-15(18)17-13-8-10-14(11-9-13)20-16(19)12-6-4-3-5-7-12/h2-11H,1H2,(H,17,18). The zero-order valence-electron chi connectivity index (χ0n) is 10.7. The van der Waals surface area contributed by atoms with Crippen LogP contribution in [-0.4, -0.2) is 11.9 Å². The fraction of sp³-hybridized carbons (Fsp3) is 0. The van der Waals surface area contributed by atoms with Gasteiger partial charge in [-0.2, -0.15) is 0 Å². The summed E-state index contributed by atoms with van der Waals surface area (Å²) in [6.45, 7) is 3.37. The molecule has 100 valence electrons. The van der Waals surface area contributed by atoms with Crippen LogP contribution in [0.2, 0.25) is 0 Å². The number of amides is 1. The molecule has 0 saturated carbocycles. The molecule has 20 heavy (non-hydrogen) atoms. The molecule has 0 atom stereocenters. The van der Waals surface area contributed by atoms with Crippen molar-refractivity contribution < 1.29 is 14.3 Å². The van der Waals surface area contributed by atoms with Crippen molar-refractivity contribution in [3.05, 3.63) is 72.8 Å². The van der Waals surface area contributed by atoms with Gasteiger partial charge in [0.2, 0.25) is 5.91 Å². The Labute approximate surface area is 116 Å². The smallest absolute Gasteiger partial charge is 0.343 e. The maximum atomic E-state index is 11.8. The third-order valence-corrected chi connectivity index (χ3v) is 2.53. The van der Waals surface area contributed by atoms with E-state index in [0.717, 1.165) is 0 Å². The Bertz CT molecular complexity index is 618. The Balaban J connectivity index is 2.02. The van der Waals surface area contributed by atoms with E-state index in [1.807, 2.05) is 6.07 Å². The Kier molecular flexibility index (Phi) is 4.29. The molecule has 0 aromatic heterocycles. The largest absolute Gasteiger partial charge is 0.423 e. The molecule has 1 N–H and O–H groups in total. The zero-order chi connectivity index (χ0) is 14.4. The number of carbonyl (C=O) groups excluding carboxylic acids is 2. The number of ether oxygens (including phenoxy) is 1. The van der Waals surface area contributed by atoms with Crippen LogP contribution >= 0.6 is 0 Å². The Morgan fingerprint density at radius 2 is 1.65 bits per heavy atom. The maximum Gasteiger partial charge on any atom is 0.343 e. The van der Waals surface area contributed by atoms with Crippen molar-refractivity contribution in [2.75, 3.05) is 5.32 Å². The van der Waals surface area contributed by atoms with Crippen molar-refractivity contribution in [2.45, 2.75) is 0 Å². The predicted molar refractivity (Wildman–Crippen MR) is 76.7 cm³/mol. The molecule has 4 heteroatoms. The fourth-order valence-electron chi connectivity index (χ4n) is 1.54. The molecule has 0 fully saturated rings. The number of hydrogen-bond donors (Lipinski definition) is 1. The molecule has 0 aliphatic carbocycles. The lowest BCUT2D eigenvalue weighted by molar-refractivity contribution is -0.111. The third kappa shape index (κ3) is 3.55. The van der Waals surface area contributed by atoms with E-state index < -0.39 is 5.97 Å². The second-order valence-electron chi connectivity index (χ2n) is 3.97. The predicted octanol–water partition coefficient (Wildman–Crippen LogP) is 3.03. The maximum absolute atomic E-state index is 11.8. The number of carbonyl (C=O) groups is 2. The lowest BCUT2D eigenvalue weighted by atomic mass is 10.2. The molecule has 1 amide bonds. The average molecular weight is 267 g/mol. The first-order chi connectivity index (χ1) is 9.69. The van der Waals surface area contributed by atoms with Gasteiger partial charge in [-0.1, -0.05) is 24.8 Å². The van der Waals surface area contributed by atoms with Crippen molar-refractivity contribution in [1.29, 1.82) is 0 Å². The first-order valence-corrected chi connectivity index (χ1v) is 6.00. The second kappa shape index (κ2) is 6.33. The highest BCUT2D eigenvalue weighted by molar-refractivity contribution is 5.98. The Morgan fingerprint density at radius 3 is 2.25 bits per heavy atom. The van der Waals surface area contributed by atoms with Crippen molar-refractivity contribution in [1.82, 2.24) is 0 Å². The van der Waals surface area contributed by atoms with Gasteiger partial charge in [-0.25, -0.2) is 4.79 Å². The van der Waals surface area contributed by atoms with E-state index in [2.05, 4.69) is 11.9 Å². The van der Waals surface area contributed by atoms with E-state index in [1.54, 1.807) is 48.5 Å². The summed E-state index contributed by atoms with van der Waals surface area (Å²) in [6, 6.07) is 15.2. The van der Waals surface area contributed by atoms with Crippen LogP contribution in [0.4, 0.5) is 5.69 Å². The Hall–Kier alpha value is -2.88. The minimum absolute atomic E-state index is 0.293. The average Bonchev–Trinajstić information content (AvgIpc) is 2.50. The van der Waals surface area contributed by atoms with Gasteiger partial charge in [0.15, 0.2) is 0 Å². The number of esters is 1. The summed E-state index contributed by atoms with van der Waals surface area (Å²) in [5.41, 5.74) is 1.09. The van der Waals surface area contributed by atoms with Crippen LogP contribution in [0.15, 0.2) is 67.3 Å². The van der Waals surface area contributed by atoms with Crippen LogP contribution in [0.1, 0.15) is 10.4 Å². The summed E-state index contributed by atoms with van der Waals surface area (Å²) in [5, 5.41) is 2.61. The summed E-state index contributed by atoms with van der Waals surface area (Å²) in [4.78, 5) is 22.9. The molecule has 0 aliphatic heterocycles. The van der Waals surface area contributed by atoms with Crippen LogP contribution in [0, 0.1) is 0 Å². The molecule has 2 aromatic rings. The van der Waals surface area contributed by atoms with Crippen molar-refractivity contribution in [2.24, 2.45) is 0 Å². The molecule has 0 unspecified atom stereocenters. The van der Waals surface area contributed by atoms with E-state index in [4.69, 9.17) is 4.74 Å². The first kappa shape index (κ1) is 13.5. The first-order valence-electron chi connectivity index (χ1n) is 6.00.